The first-order valence-corrected chi connectivity index (χ1v) is 12.1. The van der Waals surface area contributed by atoms with Crippen molar-refractivity contribution in [2.45, 2.75) is 0 Å². The zero-order valence-electron chi connectivity index (χ0n) is 19.3. The molecule has 0 saturated carbocycles. The summed E-state index contributed by atoms with van der Waals surface area (Å²) in [5, 5.41) is 0. The first kappa shape index (κ1) is 19.5. The predicted molar refractivity (Wildman–Crippen MR) is 141 cm³/mol. The van der Waals surface area contributed by atoms with Gasteiger partial charge in [-0.3, -0.25) is 9.13 Å². The fourth-order valence-corrected chi connectivity index (χ4v) is 5.55. The lowest BCUT2D eigenvalue weighted by Crippen LogP contribution is -2.57. The third kappa shape index (κ3) is 2.68. The Balaban J connectivity index is 1.52. The van der Waals surface area contributed by atoms with E-state index in [0.717, 1.165) is 61.8 Å². The number of benzene rings is 5. The molecule has 0 bridgehead atoms. The SMILES string of the molecule is [c-]1n(-c2ccccc2)c2cc3c4c(c2[n+]1-c1ccccc1)Oc1ccccc1B4c1ccccc1O3. The Kier molecular flexibility index (Phi) is 4.00. The lowest BCUT2D eigenvalue weighted by Gasteiger charge is -2.33. The smallest absolute Gasteiger partial charge is 0.269 e. The van der Waals surface area contributed by atoms with Crippen molar-refractivity contribution < 1.29 is 14.0 Å². The number of aromatic nitrogens is 2. The van der Waals surface area contributed by atoms with Gasteiger partial charge in [-0.25, -0.2) is 0 Å². The van der Waals surface area contributed by atoms with Gasteiger partial charge < -0.3 is 9.47 Å². The molecule has 0 N–H and O–H groups in total. The average molecular weight is 462 g/mol. The molecule has 0 unspecified atom stereocenters. The van der Waals surface area contributed by atoms with Gasteiger partial charge in [-0.2, -0.15) is 0 Å². The summed E-state index contributed by atoms with van der Waals surface area (Å²) in [4.78, 5) is 0. The molecule has 2 aliphatic heterocycles. The monoisotopic (exact) mass is 462 g/mol. The lowest BCUT2D eigenvalue weighted by molar-refractivity contribution is -0.572. The Labute approximate surface area is 208 Å². The molecule has 0 spiro atoms. The van der Waals surface area contributed by atoms with Crippen LogP contribution in [0.5, 0.6) is 23.0 Å². The maximum Gasteiger partial charge on any atom is 0.269 e. The Morgan fingerprint density at radius 1 is 0.639 bits per heavy atom. The van der Waals surface area contributed by atoms with Gasteiger partial charge in [0.25, 0.3) is 13.0 Å². The second-order valence-corrected chi connectivity index (χ2v) is 9.14. The van der Waals surface area contributed by atoms with Crippen molar-refractivity contribution in [2.75, 3.05) is 0 Å². The first-order valence-electron chi connectivity index (χ1n) is 12.1. The van der Waals surface area contributed by atoms with E-state index in [1.54, 1.807) is 0 Å². The highest BCUT2D eigenvalue weighted by Gasteiger charge is 2.41. The van der Waals surface area contributed by atoms with Crippen LogP contribution in [0.25, 0.3) is 22.4 Å². The minimum Gasteiger partial charge on any atom is -0.462 e. The number of ether oxygens (including phenoxy) is 2. The maximum absolute atomic E-state index is 6.73. The topological polar surface area (TPSA) is 27.3 Å². The van der Waals surface area contributed by atoms with Gasteiger partial charge >= 0.3 is 0 Å². The van der Waals surface area contributed by atoms with Gasteiger partial charge in [-0.15, -0.1) is 0 Å². The quantitative estimate of drug-likeness (QED) is 0.216. The molecule has 36 heavy (non-hydrogen) atoms. The first-order chi connectivity index (χ1) is 17.9. The molecular formula is C31H19BN2O2. The van der Waals surface area contributed by atoms with Crippen molar-refractivity contribution in [3.05, 3.63) is 122 Å². The van der Waals surface area contributed by atoms with Crippen LogP contribution in [0.15, 0.2) is 115 Å². The largest absolute Gasteiger partial charge is 0.462 e. The van der Waals surface area contributed by atoms with Crippen LogP contribution < -0.4 is 30.4 Å². The lowest BCUT2D eigenvalue weighted by atomic mass is 9.35. The predicted octanol–water partition coefficient (Wildman–Crippen LogP) is 4.43. The highest BCUT2D eigenvalue weighted by Crippen LogP contribution is 2.39. The fourth-order valence-electron chi connectivity index (χ4n) is 5.55. The van der Waals surface area contributed by atoms with Gasteiger partial charge in [0.15, 0.2) is 0 Å². The molecule has 8 rings (SSSR count). The van der Waals surface area contributed by atoms with E-state index >= 15 is 0 Å². The van der Waals surface area contributed by atoms with E-state index in [9.17, 15) is 0 Å². The molecule has 0 aliphatic carbocycles. The van der Waals surface area contributed by atoms with E-state index in [1.165, 1.54) is 0 Å². The highest BCUT2D eigenvalue weighted by atomic mass is 16.5. The summed E-state index contributed by atoms with van der Waals surface area (Å²) in [7, 11) is 0. The van der Waals surface area contributed by atoms with Crippen molar-refractivity contribution in [2.24, 2.45) is 0 Å². The number of rotatable bonds is 2. The Bertz CT molecular complexity index is 1780. The molecule has 0 fully saturated rings. The number of para-hydroxylation sites is 4. The van der Waals surface area contributed by atoms with Crippen LogP contribution in [0.2, 0.25) is 0 Å². The molecule has 5 heteroatoms. The van der Waals surface area contributed by atoms with Crippen LogP contribution >= 0.6 is 0 Å². The van der Waals surface area contributed by atoms with Gasteiger partial charge in [0, 0.05) is 5.46 Å². The zero-order chi connectivity index (χ0) is 23.6. The summed E-state index contributed by atoms with van der Waals surface area (Å²) in [6.45, 7) is 0.0265. The van der Waals surface area contributed by atoms with Crippen LogP contribution in [0.1, 0.15) is 0 Å². The molecule has 3 heterocycles. The zero-order valence-corrected chi connectivity index (χ0v) is 19.3. The normalized spacial score (nSPS) is 12.8. The summed E-state index contributed by atoms with van der Waals surface area (Å²) in [6, 6.07) is 39.4. The molecule has 4 nitrogen and oxygen atoms in total. The van der Waals surface area contributed by atoms with Crippen LogP contribution in [-0.2, 0) is 0 Å². The van der Waals surface area contributed by atoms with E-state index in [0.29, 0.717) is 0 Å². The average Bonchev–Trinajstić information content (AvgIpc) is 3.33. The third-order valence-corrected chi connectivity index (χ3v) is 7.11. The second-order valence-electron chi connectivity index (χ2n) is 9.14. The van der Waals surface area contributed by atoms with E-state index < -0.39 is 0 Å². The summed E-state index contributed by atoms with van der Waals surface area (Å²) in [5.74, 6) is 3.39. The van der Waals surface area contributed by atoms with Crippen molar-refractivity contribution in [3.8, 4) is 34.4 Å². The minimum absolute atomic E-state index is 0.0265. The number of imidazole rings is 1. The van der Waals surface area contributed by atoms with Gasteiger partial charge in [0.05, 0.1) is 16.9 Å². The Morgan fingerprint density at radius 2 is 1.25 bits per heavy atom. The number of fused-ring (bicyclic) bond motifs is 6. The van der Waals surface area contributed by atoms with Crippen LogP contribution in [0.3, 0.4) is 0 Å². The Hall–Kier alpha value is -4.77. The highest BCUT2D eigenvalue weighted by molar-refractivity contribution is 6.98. The van der Waals surface area contributed by atoms with Crippen molar-refractivity contribution in [3.63, 3.8) is 0 Å². The summed E-state index contributed by atoms with van der Waals surface area (Å²) >= 11 is 0. The molecule has 0 saturated heterocycles. The fraction of sp³-hybridized carbons (Fsp3) is 0. The summed E-state index contributed by atoms with van der Waals surface area (Å²) < 4.78 is 17.5. The van der Waals surface area contributed by atoms with Gasteiger partial charge in [0.1, 0.15) is 28.5 Å². The third-order valence-electron chi connectivity index (χ3n) is 7.11. The second kappa shape index (κ2) is 7.36. The summed E-state index contributed by atoms with van der Waals surface area (Å²) in [6.07, 6.45) is 3.60. The van der Waals surface area contributed by atoms with Crippen molar-refractivity contribution >= 4 is 34.1 Å². The number of hydrogen-bond acceptors (Lipinski definition) is 2. The molecule has 0 radical (unpaired) electrons. The molecule has 6 aromatic rings. The molecule has 0 amide bonds. The molecule has 0 atom stereocenters. The van der Waals surface area contributed by atoms with Gasteiger partial charge in [-0.1, -0.05) is 72.8 Å². The van der Waals surface area contributed by atoms with E-state index in [2.05, 4.69) is 76.1 Å². The Morgan fingerprint density at radius 3 is 1.97 bits per heavy atom. The van der Waals surface area contributed by atoms with Crippen molar-refractivity contribution in [1.82, 2.24) is 4.57 Å². The molecule has 5 aromatic carbocycles. The summed E-state index contributed by atoms with van der Waals surface area (Å²) in [5.41, 5.74) is 7.34. The number of nitrogens with zero attached hydrogens (tertiary/aromatic N) is 2. The molecular weight excluding hydrogens is 443 g/mol. The van der Waals surface area contributed by atoms with E-state index in [-0.39, 0.29) is 6.71 Å². The maximum atomic E-state index is 6.73. The molecule has 168 valence electrons. The van der Waals surface area contributed by atoms with Crippen LogP contribution in [-0.4, -0.2) is 11.3 Å². The van der Waals surface area contributed by atoms with Gasteiger partial charge in [-0.05, 0) is 53.4 Å². The van der Waals surface area contributed by atoms with E-state index in [1.807, 2.05) is 54.6 Å². The minimum atomic E-state index is 0.0265. The standard InChI is InChI=1S/C31H19BN2O2/c1-3-11-21(12-4-1)33-20-34(22-13-5-2-6-14-22)30-25(33)19-28-29-31(30)36-27-18-10-8-16-24(27)32(29)23-15-7-9-17-26(23)35-28/h1-19H. The number of hydrogen-bond donors (Lipinski definition) is 0. The van der Waals surface area contributed by atoms with Crippen molar-refractivity contribution in [1.29, 1.82) is 0 Å². The van der Waals surface area contributed by atoms with Crippen LogP contribution in [0, 0.1) is 6.33 Å². The molecule has 2 aliphatic rings. The van der Waals surface area contributed by atoms with E-state index in [4.69, 9.17) is 9.47 Å². The van der Waals surface area contributed by atoms with Gasteiger partial charge in [0.2, 0.25) is 0 Å². The molecule has 1 aromatic heterocycles. The van der Waals surface area contributed by atoms with Crippen LogP contribution in [0.4, 0.5) is 0 Å².